The summed E-state index contributed by atoms with van der Waals surface area (Å²) < 4.78 is 0. The molecule has 0 bridgehead atoms. The van der Waals surface area contributed by atoms with Crippen LogP contribution in [0.3, 0.4) is 0 Å². The van der Waals surface area contributed by atoms with Gasteiger partial charge in [0.15, 0.2) is 0 Å². The van der Waals surface area contributed by atoms with Gasteiger partial charge >= 0.3 is 0 Å². The fourth-order valence-corrected chi connectivity index (χ4v) is 4.20. The molecule has 1 amide bonds. The number of benzene rings is 2. The van der Waals surface area contributed by atoms with E-state index in [0.29, 0.717) is 24.5 Å². The van der Waals surface area contributed by atoms with Crippen LogP contribution in [-0.2, 0) is 13.0 Å². The van der Waals surface area contributed by atoms with E-state index in [2.05, 4.69) is 28.5 Å². The molecule has 5 rings (SSSR count). The van der Waals surface area contributed by atoms with E-state index >= 15 is 0 Å². The summed E-state index contributed by atoms with van der Waals surface area (Å²) in [5.41, 5.74) is 4.83. The van der Waals surface area contributed by atoms with E-state index in [1.54, 1.807) is 6.20 Å². The average molecular weight is 424 g/mol. The van der Waals surface area contributed by atoms with Crippen molar-refractivity contribution in [3.8, 4) is 0 Å². The Morgan fingerprint density at radius 1 is 1.06 bits per heavy atom. The average Bonchev–Trinajstić information content (AvgIpc) is 3.26. The van der Waals surface area contributed by atoms with Gasteiger partial charge in [0.05, 0.1) is 11.1 Å². The Labute approximate surface area is 187 Å². The van der Waals surface area contributed by atoms with E-state index in [9.17, 15) is 4.79 Å². The Bertz CT molecular complexity index is 1300. The highest BCUT2D eigenvalue weighted by atomic mass is 16.2. The predicted molar refractivity (Wildman–Crippen MR) is 129 cm³/mol. The second-order valence-electron chi connectivity index (χ2n) is 8.14. The largest absolute Gasteiger partial charge is 0.365 e. The molecule has 6 heteroatoms. The number of aromatic nitrogens is 2. The summed E-state index contributed by atoms with van der Waals surface area (Å²) in [4.78, 5) is 26.5. The number of nitrogens with zero attached hydrogens (tertiary/aromatic N) is 4. The molecule has 1 aliphatic heterocycles. The van der Waals surface area contributed by atoms with Gasteiger partial charge < -0.3 is 15.1 Å². The van der Waals surface area contributed by atoms with Gasteiger partial charge in [0, 0.05) is 44.5 Å². The Hall–Kier alpha value is -3.93. The van der Waals surface area contributed by atoms with Crippen molar-refractivity contribution in [2.24, 2.45) is 0 Å². The molecule has 0 aliphatic carbocycles. The van der Waals surface area contributed by atoms with Crippen molar-refractivity contribution in [3.05, 3.63) is 89.6 Å². The molecule has 0 saturated carbocycles. The van der Waals surface area contributed by atoms with Gasteiger partial charge in [0.1, 0.15) is 11.6 Å². The highest BCUT2D eigenvalue weighted by Crippen LogP contribution is 2.30. The zero-order chi connectivity index (χ0) is 22.1. The van der Waals surface area contributed by atoms with Gasteiger partial charge in [0.25, 0.3) is 5.91 Å². The zero-order valence-electron chi connectivity index (χ0n) is 18.2. The molecule has 0 atom stereocenters. The molecule has 4 aromatic rings. The predicted octanol–water partition coefficient (Wildman–Crippen LogP) is 4.51. The number of fused-ring (bicyclic) bond motifs is 2. The minimum absolute atomic E-state index is 0.0286. The Kier molecular flexibility index (Phi) is 5.19. The first-order chi connectivity index (χ1) is 15.6. The van der Waals surface area contributed by atoms with E-state index in [1.807, 2.05) is 72.4 Å². The number of carbonyl (C=O) groups excluding carboxylic acids is 1. The number of amides is 1. The summed E-state index contributed by atoms with van der Waals surface area (Å²) in [6.07, 6.45) is 2.59. The van der Waals surface area contributed by atoms with Crippen LogP contribution in [0.2, 0.25) is 0 Å². The lowest BCUT2D eigenvalue weighted by Crippen LogP contribution is -2.29. The molecule has 0 radical (unpaired) electrons. The highest BCUT2D eigenvalue weighted by molar-refractivity contribution is 6.10. The number of anilines is 3. The molecule has 32 heavy (non-hydrogen) atoms. The highest BCUT2D eigenvalue weighted by Gasteiger charge is 2.27. The van der Waals surface area contributed by atoms with Crippen LogP contribution < -0.4 is 15.1 Å². The number of rotatable bonds is 5. The molecule has 6 nitrogen and oxygen atoms in total. The number of hydrogen-bond donors (Lipinski definition) is 1. The third-order valence-electron chi connectivity index (χ3n) is 5.86. The summed E-state index contributed by atoms with van der Waals surface area (Å²) in [5, 5.41) is 4.50. The van der Waals surface area contributed by atoms with Crippen LogP contribution in [-0.4, -0.2) is 36.5 Å². The number of nitrogens with one attached hydrogen (secondary N) is 1. The quantitative estimate of drug-likeness (QED) is 0.512. The molecule has 2 aromatic heterocycles. The van der Waals surface area contributed by atoms with Crippen LogP contribution in [0.15, 0.2) is 72.9 Å². The Balaban J connectivity index is 1.45. The van der Waals surface area contributed by atoms with Crippen LogP contribution in [0.25, 0.3) is 10.9 Å². The minimum atomic E-state index is -0.0286. The van der Waals surface area contributed by atoms with Crippen LogP contribution >= 0.6 is 0 Å². The lowest BCUT2D eigenvalue weighted by molar-refractivity contribution is 0.0990. The minimum Gasteiger partial charge on any atom is -0.365 e. The standard InChI is InChI=1S/C26H25N5O/c1-30(2)24-16-19(20-9-4-5-11-22(20)29-24)17-28-25-21(10-7-14-27-25)26(32)31-15-13-18-8-3-6-12-23(18)31/h3-12,14,16H,13,15,17H2,1-2H3,(H,27,28). The van der Waals surface area contributed by atoms with Gasteiger partial charge in [-0.1, -0.05) is 36.4 Å². The van der Waals surface area contributed by atoms with Gasteiger partial charge in [-0.25, -0.2) is 9.97 Å². The van der Waals surface area contributed by atoms with E-state index < -0.39 is 0 Å². The number of hydrogen-bond acceptors (Lipinski definition) is 5. The van der Waals surface area contributed by atoms with Gasteiger partial charge in [-0.05, 0) is 47.9 Å². The lowest BCUT2D eigenvalue weighted by Gasteiger charge is -2.20. The van der Waals surface area contributed by atoms with E-state index in [4.69, 9.17) is 4.98 Å². The van der Waals surface area contributed by atoms with Crippen molar-refractivity contribution >= 4 is 34.1 Å². The number of para-hydroxylation sites is 2. The summed E-state index contributed by atoms with van der Waals surface area (Å²) in [6.45, 7) is 1.23. The van der Waals surface area contributed by atoms with Crippen molar-refractivity contribution in [1.82, 2.24) is 9.97 Å². The fraction of sp³-hybridized carbons (Fsp3) is 0.192. The summed E-state index contributed by atoms with van der Waals surface area (Å²) in [7, 11) is 3.97. The molecule has 2 aromatic carbocycles. The first kappa shape index (κ1) is 20.0. The molecule has 3 heterocycles. The molecule has 160 valence electrons. The van der Waals surface area contributed by atoms with Crippen LogP contribution in [0, 0.1) is 0 Å². The normalized spacial score (nSPS) is 12.6. The molecule has 1 N–H and O–H groups in total. The monoisotopic (exact) mass is 423 g/mol. The first-order valence-corrected chi connectivity index (χ1v) is 10.8. The van der Waals surface area contributed by atoms with Crippen molar-refractivity contribution < 1.29 is 4.79 Å². The Morgan fingerprint density at radius 2 is 1.88 bits per heavy atom. The SMILES string of the molecule is CN(C)c1cc(CNc2ncccc2C(=O)N2CCc3ccccc32)c2ccccc2n1. The van der Waals surface area contributed by atoms with Crippen molar-refractivity contribution in [3.63, 3.8) is 0 Å². The topological polar surface area (TPSA) is 61.4 Å². The molecule has 0 saturated heterocycles. The van der Waals surface area contributed by atoms with Gasteiger partial charge in [-0.3, -0.25) is 4.79 Å². The third-order valence-corrected chi connectivity index (χ3v) is 5.86. The van der Waals surface area contributed by atoms with E-state index in [0.717, 1.165) is 34.4 Å². The van der Waals surface area contributed by atoms with Crippen LogP contribution in [0.4, 0.5) is 17.3 Å². The zero-order valence-corrected chi connectivity index (χ0v) is 18.2. The van der Waals surface area contributed by atoms with E-state index in [1.165, 1.54) is 5.56 Å². The summed E-state index contributed by atoms with van der Waals surface area (Å²) in [5.74, 6) is 1.46. The van der Waals surface area contributed by atoms with E-state index in [-0.39, 0.29) is 5.91 Å². The molecular weight excluding hydrogens is 398 g/mol. The molecule has 0 fully saturated rings. The second kappa shape index (κ2) is 8.30. The summed E-state index contributed by atoms with van der Waals surface area (Å²) in [6, 6.07) is 21.9. The van der Waals surface area contributed by atoms with Crippen molar-refractivity contribution in [1.29, 1.82) is 0 Å². The van der Waals surface area contributed by atoms with Gasteiger partial charge in [-0.2, -0.15) is 0 Å². The molecular formula is C26H25N5O. The van der Waals surface area contributed by atoms with Crippen molar-refractivity contribution in [2.75, 3.05) is 35.8 Å². The Morgan fingerprint density at radius 3 is 2.75 bits per heavy atom. The maximum atomic E-state index is 13.4. The summed E-state index contributed by atoms with van der Waals surface area (Å²) >= 11 is 0. The van der Waals surface area contributed by atoms with Crippen LogP contribution in [0.5, 0.6) is 0 Å². The smallest absolute Gasteiger partial charge is 0.262 e. The van der Waals surface area contributed by atoms with Crippen LogP contribution in [0.1, 0.15) is 21.5 Å². The number of pyridine rings is 2. The maximum absolute atomic E-state index is 13.4. The van der Waals surface area contributed by atoms with Gasteiger partial charge in [0.2, 0.25) is 0 Å². The van der Waals surface area contributed by atoms with Gasteiger partial charge in [-0.15, -0.1) is 0 Å². The molecule has 1 aliphatic rings. The lowest BCUT2D eigenvalue weighted by atomic mass is 10.1. The second-order valence-corrected chi connectivity index (χ2v) is 8.14. The first-order valence-electron chi connectivity index (χ1n) is 10.8. The molecule has 0 unspecified atom stereocenters. The molecule has 0 spiro atoms. The number of carbonyl (C=O) groups is 1. The maximum Gasteiger partial charge on any atom is 0.262 e. The van der Waals surface area contributed by atoms with Crippen molar-refractivity contribution in [2.45, 2.75) is 13.0 Å². The fourth-order valence-electron chi connectivity index (χ4n) is 4.20. The third kappa shape index (κ3) is 3.64.